The van der Waals surface area contributed by atoms with Crippen molar-refractivity contribution in [3.05, 3.63) is 65.8 Å². The van der Waals surface area contributed by atoms with Crippen molar-refractivity contribution in [3.63, 3.8) is 0 Å². The molecule has 2 aromatic rings. The number of fused-ring (bicyclic) bond motifs is 5. The Labute approximate surface area is 183 Å². The summed E-state index contributed by atoms with van der Waals surface area (Å²) in [4.78, 5) is 0. The summed E-state index contributed by atoms with van der Waals surface area (Å²) in [7, 11) is 0. The SMILES string of the molecule is C=CCOc1cc(OCCC)ccc1C12COc3c(ccc4c3C=CC(C)(C)O4)C1O2. The van der Waals surface area contributed by atoms with Crippen molar-refractivity contribution in [2.75, 3.05) is 19.8 Å². The zero-order chi connectivity index (χ0) is 21.6. The molecular formula is C26H28O5. The van der Waals surface area contributed by atoms with Crippen LogP contribution >= 0.6 is 0 Å². The molecule has 0 radical (unpaired) electrons. The van der Waals surface area contributed by atoms with Crippen LogP contribution in [0.5, 0.6) is 23.0 Å². The molecule has 0 amide bonds. The molecule has 3 aliphatic heterocycles. The van der Waals surface area contributed by atoms with Crippen LogP contribution in [0.15, 0.2) is 49.1 Å². The van der Waals surface area contributed by atoms with E-state index >= 15 is 0 Å². The van der Waals surface area contributed by atoms with E-state index in [1.807, 2.05) is 38.1 Å². The van der Waals surface area contributed by atoms with Gasteiger partial charge in [0.15, 0.2) is 5.60 Å². The van der Waals surface area contributed by atoms with Crippen LogP contribution in [-0.2, 0) is 10.3 Å². The molecule has 3 heterocycles. The Balaban J connectivity index is 1.49. The molecule has 0 bridgehead atoms. The van der Waals surface area contributed by atoms with Crippen molar-refractivity contribution in [1.82, 2.24) is 0 Å². The van der Waals surface area contributed by atoms with Crippen LogP contribution in [0.1, 0.15) is 50.0 Å². The van der Waals surface area contributed by atoms with Crippen molar-refractivity contribution in [3.8, 4) is 23.0 Å². The van der Waals surface area contributed by atoms with Crippen molar-refractivity contribution in [2.24, 2.45) is 0 Å². The fourth-order valence-corrected chi connectivity index (χ4v) is 4.31. The third-order valence-electron chi connectivity index (χ3n) is 5.86. The molecule has 5 rings (SSSR count). The summed E-state index contributed by atoms with van der Waals surface area (Å²) < 4.78 is 30.5. The Morgan fingerprint density at radius 1 is 1.19 bits per heavy atom. The standard InChI is InChI=1S/C26H28O5/c1-5-13-27-17-7-9-20(22(15-17)28-14-6-2)26-16-29-23-18-11-12-25(3,4)30-21(18)10-8-19(23)24(26)31-26/h6-12,15,24H,2,5,13-14,16H2,1,3-4H3. The average molecular weight is 421 g/mol. The minimum Gasteiger partial charge on any atom is -0.493 e. The zero-order valence-electron chi connectivity index (χ0n) is 18.3. The summed E-state index contributed by atoms with van der Waals surface area (Å²) in [6, 6.07) is 10.0. The van der Waals surface area contributed by atoms with Gasteiger partial charge < -0.3 is 23.7 Å². The summed E-state index contributed by atoms with van der Waals surface area (Å²) in [6.45, 7) is 11.4. The highest BCUT2D eigenvalue weighted by atomic mass is 16.6. The van der Waals surface area contributed by atoms with Gasteiger partial charge in [-0.15, -0.1) is 0 Å². The van der Waals surface area contributed by atoms with E-state index in [0.717, 1.165) is 46.1 Å². The first-order chi connectivity index (χ1) is 15.0. The molecule has 3 aliphatic rings. The van der Waals surface area contributed by atoms with Gasteiger partial charge in [-0.1, -0.05) is 19.6 Å². The molecule has 0 N–H and O–H groups in total. The van der Waals surface area contributed by atoms with Gasteiger partial charge in [-0.25, -0.2) is 0 Å². The van der Waals surface area contributed by atoms with Gasteiger partial charge in [-0.2, -0.15) is 0 Å². The van der Waals surface area contributed by atoms with E-state index < -0.39 is 5.60 Å². The number of epoxide rings is 1. The Hall–Kier alpha value is -2.92. The fraction of sp³-hybridized carbons (Fsp3) is 0.385. The molecular weight excluding hydrogens is 392 g/mol. The lowest BCUT2D eigenvalue weighted by Gasteiger charge is -2.31. The first-order valence-electron chi connectivity index (χ1n) is 10.8. The van der Waals surface area contributed by atoms with Crippen molar-refractivity contribution < 1.29 is 23.7 Å². The molecule has 0 aromatic heterocycles. The molecule has 31 heavy (non-hydrogen) atoms. The van der Waals surface area contributed by atoms with E-state index in [4.69, 9.17) is 23.7 Å². The Kier molecular flexibility index (Phi) is 4.74. The lowest BCUT2D eigenvalue weighted by atomic mass is 9.87. The quantitative estimate of drug-likeness (QED) is 0.432. The number of hydrogen-bond acceptors (Lipinski definition) is 5. The zero-order valence-corrected chi connectivity index (χ0v) is 18.3. The summed E-state index contributed by atoms with van der Waals surface area (Å²) in [5, 5.41) is 0. The number of benzene rings is 2. The summed E-state index contributed by atoms with van der Waals surface area (Å²) >= 11 is 0. The normalized spacial score (nSPS) is 24.0. The fourth-order valence-electron chi connectivity index (χ4n) is 4.31. The minimum absolute atomic E-state index is 0.0848. The molecule has 2 aromatic carbocycles. The highest BCUT2D eigenvalue weighted by Gasteiger charge is 2.64. The average Bonchev–Trinajstić information content (AvgIpc) is 3.51. The summed E-state index contributed by atoms with van der Waals surface area (Å²) in [6.07, 6.45) is 6.75. The topological polar surface area (TPSA) is 49.5 Å². The predicted octanol–water partition coefficient (Wildman–Crippen LogP) is 5.58. The second-order valence-electron chi connectivity index (χ2n) is 8.72. The molecule has 1 fully saturated rings. The van der Waals surface area contributed by atoms with Crippen LogP contribution in [0.2, 0.25) is 0 Å². The lowest BCUT2D eigenvalue weighted by molar-refractivity contribution is 0.155. The molecule has 0 saturated carbocycles. The van der Waals surface area contributed by atoms with Crippen LogP contribution in [0.25, 0.3) is 6.08 Å². The van der Waals surface area contributed by atoms with Crippen LogP contribution in [0, 0.1) is 0 Å². The van der Waals surface area contributed by atoms with Crippen LogP contribution in [-0.4, -0.2) is 25.4 Å². The second-order valence-corrected chi connectivity index (χ2v) is 8.72. The number of hydrogen-bond donors (Lipinski definition) is 0. The van der Waals surface area contributed by atoms with E-state index in [1.54, 1.807) is 6.08 Å². The molecule has 2 unspecified atom stereocenters. The van der Waals surface area contributed by atoms with E-state index in [-0.39, 0.29) is 11.7 Å². The van der Waals surface area contributed by atoms with Gasteiger partial charge in [-0.3, -0.25) is 0 Å². The third kappa shape index (κ3) is 3.37. The number of ether oxygens (including phenoxy) is 5. The predicted molar refractivity (Wildman–Crippen MR) is 119 cm³/mol. The van der Waals surface area contributed by atoms with Crippen LogP contribution in [0.4, 0.5) is 0 Å². The lowest BCUT2D eigenvalue weighted by Crippen LogP contribution is -2.29. The van der Waals surface area contributed by atoms with Gasteiger partial charge in [0.2, 0.25) is 0 Å². The summed E-state index contributed by atoms with van der Waals surface area (Å²) in [5.41, 5.74) is 2.11. The van der Waals surface area contributed by atoms with Gasteiger partial charge in [0.25, 0.3) is 0 Å². The molecule has 5 nitrogen and oxygen atoms in total. The Morgan fingerprint density at radius 3 is 2.87 bits per heavy atom. The third-order valence-corrected chi connectivity index (χ3v) is 5.86. The molecule has 0 aliphatic carbocycles. The maximum Gasteiger partial charge on any atom is 0.162 e. The molecule has 1 saturated heterocycles. The smallest absolute Gasteiger partial charge is 0.162 e. The summed E-state index contributed by atoms with van der Waals surface area (Å²) in [5.74, 6) is 3.21. The minimum atomic E-state index is -0.556. The monoisotopic (exact) mass is 420 g/mol. The number of rotatable bonds is 7. The van der Waals surface area contributed by atoms with Crippen LogP contribution < -0.4 is 18.9 Å². The first kappa shape index (κ1) is 20.0. The van der Waals surface area contributed by atoms with Crippen LogP contribution in [0.3, 0.4) is 0 Å². The van der Waals surface area contributed by atoms with E-state index in [2.05, 4.69) is 31.7 Å². The van der Waals surface area contributed by atoms with Gasteiger partial charge in [0, 0.05) is 17.2 Å². The van der Waals surface area contributed by atoms with Gasteiger partial charge >= 0.3 is 0 Å². The van der Waals surface area contributed by atoms with Crippen molar-refractivity contribution >= 4 is 6.08 Å². The highest BCUT2D eigenvalue weighted by Crippen LogP contribution is 2.64. The van der Waals surface area contributed by atoms with Gasteiger partial charge in [0.05, 0.1) is 12.2 Å². The van der Waals surface area contributed by atoms with Gasteiger partial charge in [0.1, 0.15) is 47.9 Å². The molecule has 0 spiro atoms. The first-order valence-corrected chi connectivity index (χ1v) is 10.8. The Morgan fingerprint density at radius 2 is 2.06 bits per heavy atom. The van der Waals surface area contributed by atoms with Crippen molar-refractivity contribution in [1.29, 1.82) is 0 Å². The molecule has 5 heteroatoms. The highest BCUT2D eigenvalue weighted by molar-refractivity contribution is 5.71. The molecule has 162 valence electrons. The second kappa shape index (κ2) is 7.34. The Bertz CT molecular complexity index is 1050. The van der Waals surface area contributed by atoms with Gasteiger partial charge in [-0.05, 0) is 56.7 Å². The maximum absolute atomic E-state index is 6.32. The van der Waals surface area contributed by atoms with E-state index in [1.165, 1.54) is 0 Å². The van der Waals surface area contributed by atoms with E-state index in [9.17, 15) is 0 Å². The van der Waals surface area contributed by atoms with E-state index in [0.29, 0.717) is 19.8 Å². The van der Waals surface area contributed by atoms with Crippen molar-refractivity contribution in [2.45, 2.75) is 44.5 Å². The largest absolute Gasteiger partial charge is 0.493 e. The maximum atomic E-state index is 6.32. The molecule has 2 atom stereocenters.